The number of benzene rings is 2. The lowest BCUT2D eigenvalue weighted by Crippen LogP contribution is -2.52. The Morgan fingerprint density at radius 1 is 1.03 bits per heavy atom. The zero-order chi connectivity index (χ0) is 26.4. The zero-order valence-electron chi connectivity index (χ0n) is 20.7. The van der Waals surface area contributed by atoms with Gasteiger partial charge in [-0.3, -0.25) is 13.9 Å². The maximum Gasteiger partial charge on any atom is 0.242 e. The van der Waals surface area contributed by atoms with Crippen molar-refractivity contribution < 1.29 is 18.0 Å². The number of carbonyl (C=O) groups is 2. The van der Waals surface area contributed by atoms with E-state index in [0.717, 1.165) is 11.8 Å². The molecule has 0 saturated heterocycles. The SMILES string of the molecule is C[C@@H](C(=O)NC(C)(C)C)N(Cc1ccc(Cl)c(Cl)c1)C(=O)CCCN(c1ccccc1)S(C)(=O)=O. The average Bonchev–Trinajstić information content (AvgIpc) is 2.75. The van der Waals surface area contributed by atoms with Crippen molar-refractivity contribution in [3.8, 4) is 0 Å². The van der Waals surface area contributed by atoms with Crippen LogP contribution in [0, 0.1) is 0 Å². The smallest absolute Gasteiger partial charge is 0.242 e. The Morgan fingerprint density at radius 3 is 2.20 bits per heavy atom. The minimum absolute atomic E-state index is 0.0628. The molecule has 35 heavy (non-hydrogen) atoms. The van der Waals surface area contributed by atoms with E-state index in [1.54, 1.807) is 55.5 Å². The summed E-state index contributed by atoms with van der Waals surface area (Å²) in [4.78, 5) is 27.7. The number of para-hydroxylation sites is 1. The molecule has 1 N–H and O–H groups in total. The van der Waals surface area contributed by atoms with Crippen molar-refractivity contribution in [2.75, 3.05) is 17.1 Å². The number of halogens is 2. The van der Waals surface area contributed by atoms with Crippen molar-refractivity contribution in [2.24, 2.45) is 0 Å². The fraction of sp³-hybridized carbons (Fsp3) is 0.440. The van der Waals surface area contributed by atoms with Crippen LogP contribution in [0.4, 0.5) is 5.69 Å². The molecule has 0 aliphatic carbocycles. The molecule has 192 valence electrons. The molecule has 0 aliphatic rings. The second kappa shape index (κ2) is 12.1. The van der Waals surface area contributed by atoms with Gasteiger partial charge in [-0.1, -0.05) is 47.5 Å². The molecule has 10 heteroatoms. The van der Waals surface area contributed by atoms with E-state index in [9.17, 15) is 18.0 Å². The minimum atomic E-state index is -3.53. The van der Waals surface area contributed by atoms with Gasteiger partial charge in [-0.2, -0.15) is 0 Å². The zero-order valence-corrected chi connectivity index (χ0v) is 23.0. The van der Waals surface area contributed by atoms with Crippen LogP contribution in [-0.2, 0) is 26.2 Å². The molecule has 2 rings (SSSR count). The fourth-order valence-electron chi connectivity index (χ4n) is 3.49. The number of amides is 2. The molecule has 2 amide bonds. The van der Waals surface area contributed by atoms with Crippen LogP contribution < -0.4 is 9.62 Å². The first kappa shape index (κ1) is 28.9. The van der Waals surface area contributed by atoms with Gasteiger partial charge in [0.2, 0.25) is 21.8 Å². The summed E-state index contributed by atoms with van der Waals surface area (Å²) in [5.41, 5.74) is 0.799. The molecular formula is C25H33Cl2N3O4S. The Hall–Kier alpha value is -2.29. The van der Waals surface area contributed by atoms with Crippen LogP contribution in [0.5, 0.6) is 0 Å². The first-order valence-electron chi connectivity index (χ1n) is 11.3. The third-order valence-electron chi connectivity index (χ3n) is 5.20. The van der Waals surface area contributed by atoms with E-state index in [0.29, 0.717) is 15.7 Å². The number of carbonyl (C=O) groups excluding carboxylic acids is 2. The van der Waals surface area contributed by atoms with E-state index in [1.165, 1.54) is 9.21 Å². The highest BCUT2D eigenvalue weighted by Crippen LogP contribution is 2.24. The van der Waals surface area contributed by atoms with Crippen LogP contribution in [-0.4, -0.2) is 49.5 Å². The number of rotatable bonds is 10. The molecule has 0 spiro atoms. The molecule has 0 fully saturated rings. The maximum atomic E-state index is 13.3. The van der Waals surface area contributed by atoms with E-state index in [1.807, 2.05) is 20.8 Å². The highest BCUT2D eigenvalue weighted by atomic mass is 35.5. The van der Waals surface area contributed by atoms with Gasteiger partial charge in [-0.05, 0) is 63.9 Å². The molecule has 2 aromatic carbocycles. The normalized spacial score (nSPS) is 12.7. The quantitative estimate of drug-likeness (QED) is 0.464. The third-order valence-corrected chi connectivity index (χ3v) is 7.13. The topological polar surface area (TPSA) is 86.8 Å². The first-order valence-corrected chi connectivity index (χ1v) is 13.9. The molecule has 2 aromatic rings. The lowest BCUT2D eigenvalue weighted by atomic mass is 10.1. The van der Waals surface area contributed by atoms with Crippen LogP contribution in [0.25, 0.3) is 0 Å². The Bertz CT molecular complexity index is 1140. The van der Waals surface area contributed by atoms with Crippen molar-refractivity contribution in [1.29, 1.82) is 0 Å². The summed E-state index contributed by atoms with van der Waals surface area (Å²) < 4.78 is 25.9. The van der Waals surface area contributed by atoms with Crippen molar-refractivity contribution >= 4 is 50.7 Å². The lowest BCUT2D eigenvalue weighted by molar-refractivity contribution is -0.141. The number of anilines is 1. The lowest BCUT2D eigenvalue weighted by Gasteiger charge is -2.32. The standard InChI is InChI=1S/C25H33Cl2N3O4S/c1-18(24(32)28-25(2,3)4)29(17-19-13-14-21(26)22(27)16-19)23(31)12-9-15-30(35(5,33)34)20-10-7-6-8-11-20/h6-8,10-11,13-14,16,18H,9,12,15,17H2,1-5H3,(H,28,32)/t18-/m0/s1. The van der Waals surface area contributed by atoms with Gasteiger partial charge in [0.25, 0.3) is 0 Å². The highest BCUT2D eigenvalue weighted by Gasteiger charge is 2.28. The summed E-state index contributed by atoms with van der Waals surface area (Å²) in [6.07, 6.45) is 1.48. The molecule has 7 nitrogen and oxygen atoms in total. The predicted molar refractivity (Wildman–Crippen MR) is 142 cm³/mol. The van der Waals surface area contributed by atoms with Gasteiger partial charge in [0, 0.05) is 25.0 Å². The number of hydrogen-bond acceptors (Lipinski definition) is 4. The summed E-state index contributed by atoms with van der Waals surface area (Å²) in [6.45, 7) is 7.56. The van der Waals surface area contributed by atoms with Gasteiger partial charge >= 0.3 is 0 Å². The van der Waals surface area contributed by atoms with Gasteiger partial charge in [0.1, 0.15) is 6.04 Å². The van der Waals surface area contributed by atoms with Gasteiger partial charge in [0.15, 0.2) is 0 Å². The second-order valence-electron chi connectivity index (χ2n) is 9.46. The predicted octanol–water partition coefficient (Wildman–Crippen LogP) is 4.87. The second-order valence-corrected chi connectivity index (χ2v) is 12.2. The number of nitrogens with one attached hydrogen (secondary N) is 1. The molecule has 0 unspecified atom stereocenters. The van der Waals surface area contributed by atoms with E-state index in [4.69, 9.17) is 23.2 Å². The first-order chi connectivity index (χ1) is 16.2. The van der Waals surface area contributed by atoms with Crippen molar-refractivity contribution in [3.05, 3.63) is 64.1 Å². The van der Waals surface area contributed by atoms with Crippen LogP contribution in [0.1, 0.15) is 46.1 Å². The Balaban J connectivity index is 2.20. The largest absolute Gasteiger partial charge is 0.350 e. The van der Waals surface area contributed by atoms with Crippen LogP contribution in [0.2, 0.25) is 10.0 Å². The van der Waals surface area contributed by atoms with Crippen LogP contribution in [0.3, 0.4) is 0 Å². The van der Waals surface area contributed by atoms with E-state index in [-0.39, 0.29) is 37.7 Å². The number of sulfonamides is 1. The average molecular weight is 543 g/mol. The molecule has 0 aromatic heterocycles. The third kappa shape index (κ3) is 9.02. The van der Waals surface area contributed by atoms with Gasteiger partial charge < -0.3 is 10.2 Å². The summed E-state index contributed by atoms with van der Waals surface area (Å²) in [5.74, 6) is -0.554. The van der Waals surface area contributed by atoms with Gasteiger partial charge in [-0.25, -0.2) is 8.42 Å². The molecule has 0 heterocycles. The monoisotopic (exact) mass is 541 g/mol. The van der Waals surface area contributed by atoms with Crippen LogP contribution >= 0.6 is 23.2 Å². The maximum absolute atomic E-state index is 13.3. The van der Waals surface area contributed by atoms with Crippen molar-refractivity contribution in [1.82, 2.24) is 10.2 Å². The minimum Gasteiger partial charge on any atom is -0.350 e. The van der Waals surface area contributed by atoms with Gasteiger partial charge in [0.05, 0.1) is 22.0 Å². The van der Waals surface area contributed by atoms with E-state index < -0.39 is 21.6 Å². The molecule has 0 bridgehead atoms. The van der Waals surface area contributed by atoms with Crippen molar-refractivity contribution in [2.45, 2.75) is 58.7 Å². The molecule has 0 saturated carbocycles. The van der Waals surface area contributed by atoms with Gasteiger partial charge in [-0.15, -0.1) is 0 Å². The number of hydrogen-bond donors (Lipinski definition) is 1. The summed E-state index contributed by atoms with van der Waals surface area (Å²) in [7, 11) is -3.53. The van der Waals surface area contributed by atoms with Crippen molar-refractivity contribution in [3.63, 3.8) is 0 Å². The number of nitrogens with zero attached hydrogens (tertiary/aromatic N) is 2. The Morgan fingerprint density at radius 2 is 1.66 bits per heavy atom. The van der Waals surface area contributed by atoms with Crippen LogP contribution in [0.15, 0.2) is 48.5 Å². The molecule has 0 aliphatic heterocycles. The van der Waals surface area contributed by atoms with E-state index in [2.05, 4.69) is 5.32 Å². The Labute approximate surface area is 218 Å². The Kier molecular flexibility index (Phi) is 10.0. The molecule has 0 radical (unpaired) electrons. The molecule has 1 atom stereocenters. The highest BCUT2D eigenvalue weighted by molar-refractivity contribution is 7.92. The molecular weight excluding hydrogens is 509 g/mol. The van der Waals surface area contributed by atoms with E-state index >= 15 is 0 Å². The summed E-state index contributed by atoms with van der Waals surface area (Å²) in [6, 6.07) is 13.0. The summed E-state index contributed by atoms with van der Waals surface area (Å²) in [5, 5.41) is 3.66. The summed E-state index contributed by atoms with van der Waals surface area (Å²) >= 11 is 12.2. The fourth-order valence-corrected chi connectivity index (χ4v) is 4.78.